The number of carbonyl (C=O) groups is 1. The van der Waals surface area contributed by atoms with Gasteiger partial charge in [0.25, 0.3) is 0 Å². The van der Waals surface area contributed by atoms with Gasteiger partial charge in [-0.2, -0.15) is 18.3 Å². The Balaban J connectivity index is 1.98. The van der Waals surface area contributed by atoms with Gasteiger partial charge in [0.15, 0.2) is 5.82 Å². The molecule has 0 spiro atoms. The summed E-state index contributed by atoms with van der Waals surface area (Å²) in [4.78, 5) is 11.7. The Hall–Kier alpha value is -1.73. The predicted molar refractivity (Wildman–Crippen MR) is 67.2 cm³/mol. The number of alkyl halides is 3. The highest BCUT2D eigenvalue weighted by Crippen LogP contribution is 2.35. The average molecular weight is 290 g/mol. The molecule has 0 aliphatic heterocycles. The van der Waals surface area contributed by atoms with E-state index in [1.54, 1.807) is 13.2 Å². The summed E-state index contributed by atoms with van der Waals surface area (Å²) in [5.74, 6) is -0.318. The summed E-state index contributed by atoms with van der Waals surface area (Å²) in [7, 11) is 1.65. The molecule has 5 nitrogen and oxygen atoms in total. The standard InChI is InChI=1S/C12H17F3N4O/c1-19-7-6-9(18-19)16-11(20)17-10(12(13,14)15)8-4-2-3-5-8/h6-8,10H,2-5H2,1H3,(H2,16,17,18,20)/t10-/m0/s1. The summed E-state index contributed by atoms with van der Waals surface area (Å²) in [5, 5.41) is 8.22. The summed E-state index contributed by atoms with van der Waals surface area (Å²) in [6.45, 7) is 0. The smallest absolute Gasteiger partial charge is 0.326 e. The second-order valence-electron chi connectivity index (χ2n) is 5.04. The third kappa shape index (κ3) is 3.64. The number of aryl methyl sites for hydroxylation is 1. The molecule has 1 atom stereocenters. The fourth-order valence-electron chi connectivity index (χ4n) is 2.53. The van der Waals surface area contributed by atoms with Crippen LogP contribution in [0.15, 0.2) is 12.3 Å². The van der Waals surface area contributed by atoms with E-state index in [1.165, 1.54) is 10.7 Å². The normalized spacial score (nSPS) is 18.0. The second-order valence-corrected chi connectivity index (χ2v) is 5.04. The van der Waals surface area contributed by atoms with Gasteiger partial charge in [-0.15, -0.1) is 0 Å². The first kappa shape index (κ1) is 14.7. The molecule has 1 aromatic heterocycles. The molecular weight excluding hydrogens is 273 g/mol. The SMILES string of the molecule is Cn1ccc(NC(=O)N[C@@H](C2CCCC2)C(F)(F)F)n1. The minimum atomic E-state index is -4.43. The Labute approximate surface area is 114 Å². The van der Waals surface area contributed by atoms with Gasteiger partial charge in [-0.1, -0.05) is 12.8 Å². The number of hydrogen-bond acceptors (Lipinski definition) is 2. The molecule has 1 aliphatic rings. The lowest BCUT2D eigenvalue weighted by molar-refractivity contribution is -0.164. The lowest BCUT2D eigenvalue weighted by Gasteiger charge is -2.26. The van der Waals surface area contributed by atoms with E-state index in [1.807, 2.05) is 5.32 Å². The van der Waals surface area contributed by atoms with Crippen molar-refractivity contribution in [2.45, 2.75) is 37.9 Å². The Bertz CT molecular complexity index is 466. The molecule has 1 saturated carbocycles. The number of anilines is 1. The van der Waals surface area contributed by atoms with Crippen molar-refractivity contribution in [3.05, 3.63) is 12.3 Å². The van der Waals surface area contributed by atoms with Crippen molar-refractivity contribution in [3.8, 4) is 0 Å². The zero-order valence-corrected chi connectivity index (χ0v) is 11.1. The highest BCUT2D eigenvalue weighted by atomic mass is 19.4. The van der Waals surface area contributed by atoms with E-state index in [9.17, 15) is 18.0 Å². The van der Waals surface area contributed by atoms with Crippen LogP contribution in [0.3, 0.4) is 0 Å². The van der Waals surface area contributed by atoms with Crippen molar-refractivity contribution in [3.63, 3.8) is 0 Å². The second kappa shape index (κ2) is 5.72. The molecule has 0 bridgehead atoms. The van der Waals surface area contributed by atoms with Gasteiger partial charge in [0.2, 0.25) is 0 Å². The minimum absolute atomic E-state index is 0.220. The van der Waals surface area contributed by atoms with Crippen molar-refractivity contribution >= 4 is 11.8 Å². The predicted octanol–water partition coefficient (Wildman–Crippen LogP) is 2.66. The van der Waals surface area contributed by atoms with Crippen LogP contribution in [0.25, 0.3) is 0 Å². The molecule has 2 N–H and O–H groups in total. The fraction of sp³-hybridized carbons (Fsp3) is 0.667. The Morgan fingerprint density at radius 1 is 1.45 bits per heavy atom. The van der Waals surface area contributed by atoms with Crippen LogP contribution in [0, 0.1) is 5.92 Å². The van der Waals surface area contributed by atoms with E-state index >= 15 is 0 Å². The molecule has 0 aromatic carbocycles. The fourth-order valence-corrected chi connectivity index (χ4v) is 2.53. The lowest BCUT2D eigenvalue weighted by Crippen LogP contribution is -2.50. The van der Waals surface area contributed by atoms with Gasteiger partial charge in [0.05, 0.1) is 0 Å². The summed E-state index contributed by atoms with van der Waals surface area (Å²) in [5.41, 5.74) is 0. The van der Waals surface area contributed by atoms with Gasteiger partial charge in [0, 0.05) is 19.3 Å². The monoisotopic (exact) mass is 290 g/mol. The number of amides is 2. The Morgan fingerprint density at radius 3 is 2.60 bits per heavy atom. The third-order valence-corrected chi connectivity index (χ3v) is 3.47. The lowest BCUT2D eigenvalue weighted by atomic mass is 9.98. The molecule has 0 radical (unpaired) electrons. The van der Waals surface area contributed by atoms with Crippen molar-refractivity contribution in [1.82, 2.24) is 15.1 Å². The van der Waals surface area contributed by atoms with E-state index in [0.29, 0.717) is 12.8 Å². The third-order valence-electron chi connectivity index (χ3n) is 3.47. The van der Waals surface area contributed by atoms with Gasteiger partial charge < -0.3 is 5.32 Å². The largest absolute Gasteiger partial charge is 0.408 e. The zero-order valence-electron chi connectivity index (χ0n) is 11.1. The number of carbonyl (C=O) groups excluding carboxylic acids is 1. The molecule has 1 fully saturated rings. The van der Waals surface area contributed by atoms with Gasteiger partial charge in [0.1, 0.15) is 6.04 Å². The number of halogens is 3. The quantitative estimate of drug-likeness (QED) is 0.899. The molecule has 8 heteroatoms. The van der Waals surface area contributed by atoms with Gasteiger partial charge in [-0.05, 0) is 18.8 Å². The van der Waals surface area contributed by atoms with Crippen LogP contribution >= 0.6 is 0 Å². The van der Waals surface area contributed by atoms with Crippen molar-refractivity contribution in [2.24, 2.45) is 13.0 Å². The number of hydrogen-bond donors (Lipinski definition) is 2. The van der Waals surface area contributed by atoms with Crippen LogP contribution < -0.4 is 10.6 Å². The summed E-state index contributed by atoms with van der Waals surface area (Å²) in [6.07, 6.45) is -0.298. The number of nitrogens with one attached hydrogen (secondary N) is 2. The minimum Gasteiger partial charge on any atom is -0.326 e. The number of aromatic nitrogens is 2. The molecule has 0 saturated heterocycles. The number of rotatable bonds is 3. The van der Waals surface area contributed by atoms with E-state index in [-0.39, 0.29) is 5.82 Å². The van der Waals surface area contributed by atoms with Crippen LogP contribution in [-0.2, 0) is 7.05 Å². The first-order chi connectivity index (χ1) is 9.36. The molecule has 2 rings (SSSR count). The van der Waals surface area contributed by atoms with Crippen LogP contribution in [0.4, 0.5) is 23.8 Å². The van der Waals surface area contributed by atoms with Crippen LogP contribution in [0.1, 0.15) is 25.7 Å². The van der Waals surface area contributed by atoms with Crippen LogP contribution in [-0.4, -0.2) is 28.0 Å². The molecular formula is C12H17F3N4O. The zero-order chi connectivity index (χ0) is 14.8. The maximum atomic E-state index is 13.0. The highest BCUT2D eigenvalue weighted by Gasteiger charge is 2.46. The maximum absolute atomic E-state index is 13.0. The summed E-state index contributed by atoms with van der Waals surface area (Å²) in [6, 6.07) is -1.16. The first-order valence-electron chi connectivity index (χ1n) is 6.50. The summed E-state index contributed by atoms with van der Waals surface area (Å²) >= 11 is 0. The molecule has 20 heavy (non-hydrogen) atoms. The Kier molecular flexibility index (Phi) is 4.20. The van der Waals surface area contributed by atoms with Gasteiger partial charge >= 0.3 is 12.2 Å². The topological polar surface area (TPSA) is 59.0 Å². The van der Waals surface area contributed by atoms with E-state index < -0.39 is 24.2 Å². The molecule has 1 aromatic rings. The first-order valence-corrected chi connectivity index (χ1v) is 6.50. The highest BCUT2D eigenvalue weighted by molar-refractivity contribution is 5.88. The molecule has 1 heterocycles. The van der Waals surface area contributed by atoms with E-state index in [0.717, 1.165) is 12.8 Å². The van der Waals surface area contributed by atoms with Crippen molar-refractivity contribution in [2.75, 3.05) is 5.32 Å². The summed E-state index contributed by atoms with van der Waals surface area (Å²) < 4.78 is 40.5. The molecule has 1 aliphatic carbocycles. The van der Waals surface area contributed by atoms with E-state index in [4.69, 9.17) is 0 Å². The van der Waals surface area contributed by atoms with Crippen LogP contribution in [0.2, 0.25) is 0 Å². The van der Waals surface area contributed by atoms with Crippen molar-refractivity contribution < 1.29 is 18.0 Å². The van der Waals surface area contributed by atoms with Gasteiger partial charge in [-0.25, -0.2) is 4.79 Å². The number of urea groups is 1. The number of nitrogens with zero attached hydrogens (tertiary/aromatic N) is 2. The molecule has 112 valence electrons. The molecule has 2 amide bonds. The van der Waals surface area contributed by atoms with Crippen LogP contribution in [0.5, 0.6) is 0 Å². The molecule has 0 unspecified atom stereocenters. The van der Waals surface area contributed by atoms with Gasteiger partial charge in [-0.3, -0.25) is 10.00 Å². The maximum Gasteiger partial charge on any atom is 0.408 e. The van der Waals surface area contributed by atoms with E-state index in [2.05, 4.69) is 10.4 Å². The average Bonchev–Trinajstić information content (AvgIpc) is 2.96. The Morgan fingerprint density at radius 2 is 2.10 bits per heavy atom. The van der Waals surface area contributed by atoms with Crippen molar-refractivity contribution in [1.29, 1.82) is 0 Å².